The van der Waals surface area contributed by atoms with Gasteiger partial charge in [-0.1, -0.05) is 11.9 Å². The number of methoxy groups -OCH3 is 1. The number of aliphatic hydroxyl groups excluding tert-OH is 1. The van der Waals surface area contributed by atoms with Crippen LogP contribution in [0.2, 0.25) is 0 Å². The van der Waals surface area contributed by atoms with Crippen molar-refractivity contribution in [3.05, 3.63) is 16.7 Å². The van der Waals surface area contributed by atoms with E-state index in [1.165, 1.54) is 7.11 Å². The highest BCUT2D eigenvalue weighted by Gasteiger charge is 2.47. The molecular weight excluding hydrogens is 290 g/mol. The van der Waals surface area contributed by atoms with Crippen LogP contribution in [0.25, 0.3) is 11.2 Å². The second-order valence-electron chi connectivity index (χ2n) is 5.42. The Labute approximate surface area is 126 Å². The fourth-order valence-electron chi connectivity index (χ4n) is 3.02. The summed E-state index contributed by atoms with van der Waals surface area (Å²) in [5, 5.41) is 10.5. The van der Waals surface area contributed by atoms with Crippen molar-refractivity contribution in [1.82, 2.24) is 14.5 Å². The van der Waals surface area contributed by atoms with Gasteiger partial charge in [0, 0.05) is 7.11 Å². The molecule has 0 aliphatic carbocycles. The molecule has 1 aliphatic heterocycles. The van der Waals surface area contributed by atoms with Crippen LogP contribution in [0.3, 0.4) is 0 Å². The largest absolute Gasteiger partial charge is 0.384 e. The first-order valence-electron chi connectivity index (χ1n) is 7.10. The van der Waals surface area contributed by atoms with Crippen molar-refractivity contribution in [3.63, 3.8) is 0 Å². The molecule has 0 bridgehead atoms. The molecule has 0 saturated carbocycles. The number of hydrogen-bond acceptors (Lipinski definition) is 6. The van der Waals surface area contributed by atoms with Gasteiger partial charge in [0.25, 0.3) is 11.5 Å². The molecule has 1 fully saturated rings. The molecule has 1 aliphatic rings. The van der Waals surface area contributed by atoms with E-state index in [1.54, 1.807) is 22.5 Å². The number of fused-ring (bicyclic) bond motifs is 1. The van der Waals surface area contributed by atoms with Crippen LogP contribution in [0.15, 0.2) is 11.1 Å². The highest BCUT2D eigenvalue weighted by molar-refractivity contribution is 5.67. The van der Waals surface area contributed by atoms with Crippen molar-refractivity contribution in [2.45, 2.75) is 37.9 Å². The number of aliphatic hydroxyl groups is 1. The van der Waals surface area contributed by atoms with Gasteiger partial charge in [-0.05, 0) is 6.42 Å². The van der Waals surface area contributed by atoms with E-state index in [1.807, 2.05) is 6.92 Å². The number of nitrogens with one attached hydrogen (secondary N) is 1. The average molecular weight is 310 g/mol. The first-order valence-corrected chi connectivity index (χ1v) is 7.10. The van der Waals surface area contributed by atoms with Crippen LogP contribution in [-0.4, -0.2) is 45.1 Å². The number of aryl methyl sites for hydroxylation is 1. The number of H-pyrrole nitrogens is 1. The maximum atomic E-state index is 12.0. The Morgan fingerprint density at radius 3 is 2.95 bits per heavy atom. The second kappa shape index (κ2) is 5.34. The SMILES string of the molecule is CC[C@H]1O[C@@H]([n+]2cn(C)c3c(=O)[nH]c(N)nc32)C(O)[C@H]1OC. The summed E-state index contributed by atoms with van der Waals surface area (Å²) in [7, 11) is 3.26. The van der Waals surface area contributed by atoms with Gasteiger partial charge < -0.3 is 20.3 Å². The van der Waals surface area contributed by atoms with Crippen LogP contribution >= 0.6 is 0 Å². The highest BCUT2D eigenvalue weighted by Crippen LogP contribution is 2.29. The van der Waals surface area contributed by atoms with E-state index >= 15 is 0 Å². The summed E-state index contributed by atoms with van der Waals surface area (Å²) < 4.78 is 14.5. The molecule has 22 heavy (non-hydrogen) atoms. The van der Waals surface area contributed by atoms with Gasteiger partial charge in [0.1, 0.15) is 12.2 Å². The lowest BCUT2D eigenvalue weighted by Crippen LogP contribution is -2.46. The third-order valence-corrected chi connectivity index (χ3v) is 4.05. The number of hydrogen-bond donors (Lipinski definition) is 3. The maximum absolute atomic E-state index is 12.0. The quantitative estimate of drug-likeness (QED) is 0.614. The molecule has 120 valence electrons. The highest BCUT2D eigenvalue weighted by atomic mass is 16.6. The van der Waals surface area contributed by atoms with Crippen molar-refractivity contribution in [2.24, 2.45) is 7.05 Å². The molecule has 9 nitrogen and oxygen atoms in total. The van der Waals surface area contributed by atoms with Gasteiger partial charge in [0.15, 0.2) is 6.33 Å². The van der Waals surface area contributed by atoms with Gasteiger partial charge in [-0.3, -0.25) is 14.3 Å². The Morgan fingerprint density at radius 2 is 2.36 bits per heavy atom. The number of ether oxygens (including phenoxy) is 2. The number of nitrogens with zero attached hydrogens (tertiary/aromatic N) is 3. The lowest BCUT2D eigenvalue weighted by atomic mass is 10.1. The van der Waals surface area contributed by atoms with Crippen molar-refractivity contribution in [3.8, 4) is 0 Å². The minimum absolute atomic E-state index is 0.0141. The molecule has 2 aromatic rings. The maximum Gasteiger partial charge on any atom is 0.313 e. The van der Waals surface area contributed by atoms with E-state index in [0.717, 1.165) is 0 Å². The van der Waals surface area contributed by atoms with Gasteiger partial charge in [-0.25, -0.2) is 4.57 Å². The molecule has 1 unspecified atom stereocenters. The zero-order valence-corrected chi connectivity index (χ0v) is 12.7. The van der Waals surface area contributed by atoms with Gasteiger partial charge in [-0.15, -0.1) is 0 Å². The van der Waals surface area contributed by atoms with Crippen LogP contribution in [-0.2, 0) is 16.5 Å². The predicted molar refractivity (Wildman–Crippen MR) is 76.9 cm³/mol. The summed E-state index contributed by atoms with van der Waals surface area (Å²) in [6.45, 7) is 1.96. The summed E-state index contributed by atoms with van der Waals surface area (Å²) in [5.74, 6) is 0.0141. The third kappa shape index (κ3) is 2.09. The molecule has 1 saturated heterocycles. The zero-order chi connectivity index (χ0) is 16.0. The van der Waals surface area contributed by atoms with Crippen LogP contribution < -0.4 is 15.9 Å². The van der Waals surface area contributed by atoms with E-state index < -0.39 is 18.4 Å². The number of anilines is 1. The Bertz CT molecular complexity index is 755. The Morgan fingerprint density at radius 1 is 1.64 bits per heavy atom. The molecule has 3 heterocycles. The first-order chi connectivity index (χ1) is 10.5. The molecule has 9 heteroatoms. The van der Waals surface area contributed by atoms with Crippen LogP contribution in [0.5, 0.6) is 0 Å². The van der Waals surface area contributed by atoms with Crippen LogP contribution in [0.1, 0.15) is 19.6 Å². The van der Waals surface area contributed by atoms with E-state index in [2.05, 4.69) is 9.97 Å². The van der Waals surface area contributed by atoms with Gasteiger partial charge in [0.2, 0.25) is 11.7 Å². The van der Waals surface area contributed by atoms with Crippen molar-refractivity contribution < 1.29 is 19.1 Å². The molecular formula is C13H20N5O4+. The van der Waals surface area contributed by atoms with E-state index in [4.69, 9.17) is 15.2 Å². The molecule has 0 aromatic carbocycles. The molecule has 0 spiro atoms. The smallest absolute Gasteiger partial charge is 0.313 e. The van der Waals surface area contributed by atoms with E-state index in [-0.39, 0.29) is 17.6 Å². The van der Waals surface area contributed by atoms with E-state index in [9.17, 15) is 9.90 Å². The fraction of sp³-hybridized carbons (Fsp3) is 0.615. The second-order valence-corrected chi connectivity index (χ2v) is 5.42. The Kier molecular flexibility index (Phi) is 3.63. The van der Waals surface area contributed by atoms with Crippen molar-refractivity contribution >= 4 is 17.1 Å². The summed E-state index contributed by atoms with van der Waals surface area (Å²) in [4.78, 5) is 18.7. The molecule has 0 amide bonds. The number of nitrogen functional groups attached to an aromatic ring is 1. The topological polar surface area (TPSA) is 119 Å². The van der Waals surface area contributed by atoms with Crippen LogP contribution in [0.4, 0.5) is 5.95 Å². The molecule has 0 radical (unpaired) electrons. The third-order valence-electron chi connectivity index (χ3n) is 4.05. The standard InChI is InChI=1S/C13H19N5O4/c1-4-6-9(21-3)8(19)12(22-6)18-5-17(2)7-10(18)15-13(14)16-11(7)20/h5-6,8-9,12,19H,4H2,1-3H3,(H2-,14,15,16,20)/p+1/t6-,8?,9+,12-/m1/s1. The predicted octanol–water partition coefficient (Wildman–Crippen LogP) is -1.19. The minimum atomic E-state index is -0.868. The van der Waals surface area contributed by atoms with Gasteiger partial charge in [-0.2, -0.15) is 0 Å². The van der Waals surface area contributed by atoms with Crippen molar-refractivity contribution in [1.29, 1.82) is 0 Å². The molecule has 4 N–H and O–H groups in total. The van der Waals surface area contributed by atoms with Gasteiger partial charge >= 0.3 is 5.65 Å². The number of imidazole rings is 1. The lowest BCUT2D eigenvalue weighted by molar-refractivity contribution is -0.745. The average Bonchev–Trinajstić information content (AvgIpc) is 2.96. The number of aromatic nitrogens is 4. The molecule has 3 rings (SSSR count). The first kappa shape index (κ1) is 14.9. The normalized spacial score (nSPS) is 28.5. The molecule has 2 aromatic heterocycles. The summed E-state index contributed by atoms with van der Waals surface area (Å²) in [6, 6.07) is 0. The Hall–Kier alpha value is -1.97. The summed E-state index contributed by atoms with van der Waals surface area (Å²) in [6.07, 6.45) is 0.141. The van der Waals surface area contributed by atoms with Gasteiger partial charge in [0.05, 0.1) is 13.2 Å². The van der Waals surface area contributed by atoms with E-state index in [0.29, 0.717) is 17.6 Å². The van der Waals surface area contributed by atoms with Crippen molar-refractivity contribution in [2.75, 3.05) is 12.8 Å². The fourth-order valence-corrected chi connectivity index (χ4v) is 3.02. The molecule has 4 atom stereocenters. The Balaban J connectivity index is 2.13. The number of rotatable bonds is 3. The number of aromatic amines is 1. The summed E-state index contributed by atoms with van der Waals surface area (Å²) >= 11 is 0. The minimum Gasteiger partial charge on any atom is -0.384 e. The van der Waals surface area contributed by atoms with Crippen LogP contribution in [0, 0.1) is 0 Å². The zero-order valence-electron chi connectivity index (χ0n) is 12.7. The summed E-state index contributed by atoms with van der Waals surface area (Å²) in [5.41, 5.74) is 6.01. The monoisotopic (exact) mass is 310 g/mol. The number of nitrogens with two attached hydrogens (primary N) is 1. The lowest BCUT2D eigenvalue weighted by Gasteiger charge is -2.16.